The van der Waals surface area contributed by atoms with Gasteiger partial charge in [-0.1, -0.05) is 24.3 Å². The van der Waals surface area contributed by atoms with Gasteiger partial charge in [0.15, 0.2) is 11.5 Å². The number of hydrogen-bond donors (Lipinski definition) is 1. The normalized spacial score (nSPS) is 12.2. The number of carbonyl (C=O) groups excluding carboxylic acids is 1. The minimum absolute atomic E-state index is 0.161. The fourth-order valence-corrected chi connectivity index (χ4v) is 3.98. The van der Waals surface area contributed by atoms with Gasteiger partial charge in [-0.15, -0.1) is 10.2 Å². The number of nitrogens with one attached hydrogen (secondary N) is 1. The lowest BCUT2D eigenvalue weighted by Gasteiger charge is -2.17. The number of rotatable bonds is 7. The first-order chi connectivity index (χ1) is 14.6. The summed E-state index contributed by atoms with van der Waals surface area (Å²) in [5.41, 5.74) is 4.19. The standard InChI is InChI=1S/C22H24N6OS/c1-15-8-4-5-9-19(15)28-16(2)17(14-23-28)22(29)24-18(11-13-30-3)21-26-25-20-10-6-7-12-27(20)21/h4-10,12,14,18H,11,13H2,1-3H3,(H,24,29). The maximum Gasteiger partial charge on any atom is 0.255 e. The van der Waals surface area contributed by atoms with Crippen LogP contribution in [0.3, 0.4) is 0 Å². The second-order valence-corrected chi connectivity index (χ2v) is 8.12. The first-order valence-electron chi connectivity index (χ1n) is 9.80. The molecule has 0 saturated carbocycles. The molecule has 3 aromatic heterocycles. The summed E-state index contributed by atoms with van der Waals surface area (Å²) in [6.07, 6.45) is 6.36. The highest BCUT2D eigenvalue weighted by Gasteiger charge is 2.23. The summed E-state index contributed by atoms with van der Waals surface area (Å²) in [7, 11) is 0. The predicted molar refractivity (Wildman–Crippen MR) is 119 cm³/mol. The lowest BCUT2D eigenvalue weighted by atomic mass is 10.1. The Hall–Kier alpha value is -3.13. The fourth-order valence-electron chi connectivity index (χ4n) is 3.51. The Bertz CT molecular complexity index is 1180. The molecule has 1 N–H and O–H groups in total. The van der Waals surface area contributed by atoms with Crippen molar-refractivity contribution in [1.82, 2.24) is 29.7 Å². The van der Waals surface area contributed by atoms with Crippen LogP contribution >= 0.6 is 11.8 Å². The molecule has 4 rings (SSSR count). The van der Waals surface area contributed by atoms with Crippen LogP contribution in [0.4, 0.5) is 0 Å². The zero-order valence-electron chi connectivity index (χ0n) is 17.2. The van der Waals surface area contributed by atoms with Crippen LogP contribution in [0, 0.1) is 13.8 Å². The summed E-state index contributed by atoms with van der Waals surface area (Å²) in [5.74, 6) is 1.47. The van der Waals surface area contributed by atoms with E-state index in [0.29, 0.717) is 5.56 Å². The summed E-state index contributed by atoms with van der Waals surface area (Å²) in [4.78, 5) is 13.2. The van der Waals surface area contributed by atoms with Crippen LogP contribution in [0.25, 0.3) is 11.3 Å². The van der Waals surface area contributed by atoms with Crippen LogP contribution in [0.15, 0.2) is 54.9 Å². The molecule has 7 nitrogen and oxygen atoms in total. The molecule has 8 heteroatoms. The van der Waals surface area contributed by atoms with Crippen LogP contribution in [-0.2, 0) is 0 Å². The molecule has 1 aromatic carbocycles. The average Bonchev–Trinajstić information content (AvgIpc) is 3.35. The Morgan fingerprint density at radius 3 is 2.73 bits per heavy atom. The van der Waals surface area contributed by atoms with Crippen molar-refractivity contribution in [2.75, 3.05) is 12.0 Å². The molecule has 1 amide bonds. The molecular weight excluding hydrogens is 396 g/mol. The van der Waals surface area contributed by atoms with E-state index in [2.05, 4.69) is 26.9 Å². The van der Waals surface area contributed by atoms with E-state index in [1.807, 2.05) is 71.6 Å². The average molecular weight is 421 g/mol. The molecule has 0 aliphatic heterocycles. The predicted octanol–water partition coefficient (Wildman–Crippen LogP) is 3.76. The summed E-state index contributed by atoms with van der Waals surface area (Å²) in [6.45, 7) is 3.95. The third-order valence-corrected chi connectivity index (χ3v) is 5.81. The smallest absolute Gasteiger partial charge is 0.255 e. The largest absolute Gasteiger partial charge is 0.342 e. The molecule has 0 radical (unpaired) electrons. The van der Waals surface area contributed by atoms with Crippen molar-refractivity contribution in [3.05, 3.63) is 77.5 Å². The van der Waals surface area contributed by atoms with Gasteiger partial charge in [0.05, 0.1) is 29.2 Å². The Morgan fingerprint density at radius 1 is 1.13 bits per heavy atom. The van der Waals surface area contributed by atoms with E-state index in [0.717, 1.165) is 40.6 Å². The van der Waals surface area contributed by atoms with Crippen molar-refractivity contribution in [1.29, 1.82) is 0 Å². The maximum atomic E-state index is 13.2. The number of fused-ring (bicyclic) bond motifs is 1. The van der Waals surface area contributed by atoms with Gasteiger partial charge < -0.3 is 5.32 Å². The minimum Gasteiger partial charge on any atom is -0.342 e. The number of carbonyl (C=O) groups is 1. The third-order valence-electron chi connectivity index (χ3n) is 5.17. The van der Waals surface area contributed by atoms with Crippen LogP contribution < -0.4 is 5.32 Å². The van der Waals surface area contributed by atoms with E-state index in [4.69, 9.17) is 0 Å². The summed E-state index contributed by atoms with van der Waals surface area (Å²) in [6, 6.07) is 13.5. The summed E-state index contributed by atoms with van der Waals surface area (Å²) < 4.78 is 3.74. The molecule has 154 valence electrons. The molecule has 3 heterocycles. The van der Waals surface area contributed by atoms with Gasteiger partial charge in [-0.05, 0) is 56.0 Å². The topological polar surface area (TPSA) is 77.1 Å². The number of hydrogen-bond acceptors (Lipinski definition) is 5. The van der Waals surface area contributed by atoms with Gasteiger partial charge in [0.1, 0.15) is 0 Å². The zero-order valence-corrected chi connectivity index (χ0v) is 18.1. The van der Waals surface area contributed by atoms with E-state index in [-0.39, 0.29) is 11.9 Å². The van der Waals surface area contributed by atoms with Crippen LogP contribution in [-0.4, -0.2) is 42.3 Å². The number of para-hydroxylation sites is 1. The highest BCUT2D eigenvalue weighted by atomic mass is 32.2. The van der Waals surface area contributed by atoms with E-state index in [1.165, 1.54) is 0 Å². The minimum atomic E-state index is -0.247. The number of thioether (sulfide) groups is 1. The van der Waals surface area contributed by atoms with Gasteiger partial charge >= 0.3 is 0 Å². The number of amides is 1. The quantitative estimate of drug-likeness (QED) is 0.493. The van der Waals surface area contributed by atoms with Gasteiger partial charge in [0.2, 0.25) is 0 Å². The zero-order chi connectivity index (χ0) is 21.1. The first kappa shape index (κ1) is 20.2. The lowest BCUT2D eigenvalue weighted by Crippen LogP contribution is -2.30. The SMILES string of the molecule is CSCCC(NC(=O)c1cnn(-c2ccccc2C)c1C)c1nnc2ccccn12. The molecule has 4 aromatic rings. The molecule has 0 bridgehead atoms. The molecule has 0 aliphatic carbocycles. The second kappa shape index (κ2) is 8.71. The molecule has 0 fully saturated rings. The second-order valence-electron chi connectivity index (χ2n) is 7.14. The Morgan fingerprint density at radius 2 is 1.93 bits per heavy atom. The van der Waals surface area contributed by atoms with Crippen LogP contribution in [0.5, 0.6) is 0 Å². The number of pyridine rings is 1. The molecule has 0 spiro atoms. The molecule has 1 atom stereocenters. The number of nitrogens with zero attached hydrogens (tertiary/aromatic N) is 5. The van der Waals surface area contributed by atoms with Crippen molar-refractivity contribution in [3.8, 4) is 5.69 Å². The number of aryl methyl sites for hydroxylation is 1. The molecular formula is C22H24N6OS. The monoisotopic (exact) mass is 420 g/mol. The summed E-state index contributed by atoms with van der Waals surface area (Å²) in [5, 5.41) is 16.2. The lowest BCUT2D eigenvalue weighted by molar-refractivity contribution is 0.0933. The molecule has 0 saturated heterocycles. The molecule has 30 heavy (non-hydrogen) atoms. The van der Waals surface area contributed by atoms with E-state index in [1.54, 1.807) is 18.0 Å². The fraction of sp³-hybridized carbons (Fsp3) is 0.273. The third kappa shape index (κ3) is 3.82. The van der Waals surface area contributed by atoms with Crippen molar-refractivity contribution in [3.63, 3.8) is 0 Å². The van der Waals surface area contributed by atoms with E-state index >= 15 is 0 Å². The highest BCUT2D eigenvalue weighted by molar-refractivity contribution is 7.98. The maximum absolute atomic E-state index is 13.2. The summed E-state index contributed by atoms with van der Waals surface area (Å²) >= 11 is 1.74. The van der Waals surface area contributed by atoms with Gasteiger partial charge in [-0.25, -0.2) is 4.68 Å². The van der Waals surface area contributed by atoms with Crippen LogP contribution in [0.2, 0.25) is 0 Å². The van der Waals surface area contributed by atoms with Gasteiger partial charge in [-0.3, -0.25) is 9.20 Å². The van der Waals surface area contributed by atoms with Gasteiger partial charge in [0, 0.05) is 6.20 Å². The Kier molecular flexibility index (Phi) is 5.85. The van der Waals surface area contributed by atoms with Crippen molar-refractivity contribution in [2.24, 2.45) is 0 Å². The Balaban J connectivity index is 1.63. The van der Waals surface area contributed by atoms with E-state index < -0.39 is 0 Å². The van der Waals surface area contributed by atoms with E-state index in [9.17, 15) is 4.79 Å². The van der Waals surface area contributed by atoms with Crippen molar-refractivity contribution >= 4 is 23.3 Å². The molecule has 0 aliphatic rings. The van der Waals surface area contributed by atoms with Crippen molar-refractivity contribution in [2.45, 2.75) is 26.3 Å². The van der Waals surface area contributed by atoms with Gasteiger partial charge in [-0.2, -0.15) is 16.9 Å². The first-order valence-corrected chi connectivity index (χ1v) is 11.2. The molecule has 1 unspecified atom stereocenters. The Labute approximate surface area is 179 Å². The van der Waals surface area contributed by atoms with Gasteiger partial charge in [0.25, 0.3) is 5.91 Å². The van der Waals surface area contributed by atoms with Crippen molar-refractivity contribution < 1.29 is 4.79 Å². The highest BCUT2D eigenvalue weighted by Crippen LogP contribution is 2.21. The number of benzene rings is 1. The number of aromatic nitrogens is 5. The van der Waals surface area contributed by atoms with Crippen LogP contribution in [0.1, 0.15) is 39.9 Å².